The topological polar surface area (TPSA) is 58.7 Å². The molecule has 0 spiro atoms. The molecule has 1 aromatic rings. The number of aryl methyl sites for hydroxylation is 1. The van der Waals surface area contributed by atoms with Crippen molar-refractivity contribution in [1.82, 2.24) is 9.78 Å². The van der Waals surface area contributed by atoms with Crippen molar-refractivity contribution in [3.8, 4) is 6.07 Å². The third-order valence-corrected chi connectivity index (χ3v) is 2.00. The van der Waals surface area contributed by atoms with Gasteiger partial charge in [-0.15, -0.1) is 0 Å². The Morgan fingerprint density at radius 1 is 1.77 bits per heavy atom. The van der Waals surface area contributed by atoms with Crippen LogP contribution < -0.4 is 0 Å². The molecule has 0 aliphatic rings. The zero-order valence-corrected chi connectivity index (χ0v) is 7.74. The molecule has 0 saturated carbocycles. The van der Waals surface area contributed by atoms with Gasteiger partial charge in [-0.25, -0.2) is 0 Å². The third-order valence-electron chi connectivity index (χ3n) is 2.00. The minimum Gasteiger partial charge on any atom is -0.294 e. The van der Waals surface area contributed by atoms with Crippen LogP contribution in [-0.2, 0) is 7.05 Å². The lowest BCUT2D eigenvalue weighted by Crippen LogP contribution is -2.01. The Hall–Kier alpha value is -1.63. The first-order chi connectivity index (χ1) is 6.16. The van der Waals surface area contributed by atoms with E-state index < -0.39 is 0 Å². The van der Waals surface area contributed by atoms with E-state index in [4.69, 9.17) is 5.26 Å². The molecule has 0 bridgehead atoms. The normalized spacial score (nSPS) is 9.62. The predicted octanol–water partition coefficient (Wildman–Crippen LogP) is 1.22. The summed E-state index contributed by atoms with van der Waals surface area (Å²) in [5.74, 6) is -0.00727. The quantitative estimate of drug-likeness (QED) is 0.652. The van der Waals surface area contributed by atoms with Crippen LogP contribution in [-0.4, -0.2) is 15.6 Å². The standard InChI is InChI=1S/C9H11N3O/c1-7-8(6-11-12(7)2)9(13)4-3-5-10/h6H,3-4H2,1-2H3. The molecule has 0 fully saturated rings. The molecule has 0 amide bonds. The second-order valence-electron chi connectivity index (χ2n) is 2.85. The Labute approximate surface area is 76.8 Å². The van der Waals surface area contributed by atoms with Gasteiger partial charge in [-0.2, -0.15) is 10.4 Å². The van der Waals surface area contributed by atoms with Crippen LogP contribution >= 0.6 is 0 Å². The molecule has 4 nitrogen and oxygen atoms in total. The van der Waals surface area contributed by atoms with Crippen LogP contribution in [0.5, 0.6) is 0 Å². The maximum Gasteiger partial charge on any atom is 0.167 e. The lowest BCUT2D eigenvalue weighted by Gasteiger charge is -1.96. The molecule has 0 atom stereocenters. The second kappa shape index (κ2) is 3.85. The number of nitriles is 1. The van der Waals surface area contributed by atoms with E-state index in [1.165, 1.54) is 0 Å². The molecule has 0 aromatic carbocycles. The largest absolute Gasteiger partial charge is 0.294 e. The van der Waals surface area contributed by atoms with Crippen LogP contribution in [0.3, 0.4) is 0 Å². The number of carbonyl (C=O) groups is 1. The van der Waals surface area contributed by atoms with Gasteiger partial charge in [0.25, 0.3) is 0 Å². The molecule has 1 aromatic heterocycles. The molecule has 0 saturated heterocycles. The summed E-state index contributed by atoms with van der Waals surface area (Å²) in [6, 6.07) is 1.95. The van der Waals surface area contributed by atoms with Gasteiger partial charge in [0.15, 0.2) is 5.78 Å². The van der Waals surface area contributed by atoms with Crippen molar-refractivity contribution in [1.29, 1.82) is 5.26 Å². The van der Waals surface area contributed by atoms with Crippen LogP contribution in [0.15, 0.2) is 6.20 Å². The second-order valence-corrected chi connectivity index (χ2v) is 2.85. The van der Waals surface area contributed by atoms with Gasteiger partial charge in [0, 0.05) is 25.6 Å². The SMILES string of the molecule is Cc1c(C(=O)CCC#N)cnn1C. The van der Waals surface area contributed by atoms with Gasteiger partial charge in [0.05, 0.1) is 17.8 Å². The van der Waals surface area contributed by atoms with Crippen molar-refractivity contribution in [3.63, 3.8) is 0 Å². The molecule has 0 N–H and O–H groups in total. The molecule has 13 heavy (non-hydrogen) atoms. The van der Waals surface area contributed by atoms with Gasteiger partial charge in [-0.05, 0) is 6.92 Å². The molecular formula is C9H11N3O. The first-order valence-corrected chi connectivity index (χ1v) is 4.05. The van der Waals surface area contributed by atoms with Crippen LogP contribution in [0.4, 0.5) is 0 Å². The van der Waals surface area contributed by atoms with Crippen LogP contribution in [0.25, 0.3) is 0 Å². The number of hydrogen-bond acceptors (Lipinski definition) is 3. The molecule has 0 unspecified atom stereocenters. The van der Waals surface area contributed by atoms with E-state index in [-0.39, 0.29) is 18.6 Å². The van der Waals surface area contributed by atoms with Gasteiger partial charge in [-0.3, -0.25) is 9.48 Å². The summed E-state index contributed by atoms with van der Waals surface area (Å²) in [7, 11) is 1.79. The van der Waals surface area contributed by atoms with Gasteiger partial charge in [-0.1, -0.05) is 0 Å². The number of rotatable bonds is 3. The van der Waals surface area contributed by atoms with Crippen molar-refractivity contribution >= 4 is 5.78 Å². The molecule has 68 valence electrons. The number of nitrogens with zero attached hydrogens (tertiary/aromatic N) is 3. The maximum absolute atomic E-state index is 11.4. The fourth-order valence-electron chi connectivity index (χ4n) is 1.08. The Balaban J connectivity index is 2.78. The van der Waals surface area contributed by atoms with Gasteiger partial charge < -0.3 is 0 Å². The number of carbonyl (C=O) groups excluding carboxylic acids is 1. The fraction of sp³-hybridized carbons (Fsp3) is 0.444. The van der Waals surface area contributed by atoms with Gasteiger partial charge in [0.2, 0.25) is 0 Å². The van der Waals surface area contributed by atoms with Crippen molar-refractivity contribution in [2.45, 2.75) is 19.8 Å². The summed E-state index contributed by atoms with van der Waals surface area (Å²) in [5.41, 5.74) is 1.47. The van der Waals surface area contributed by atoms with E-state index in [1.807, 2.05) is 13.0 Å². The molecule has 4 heteroatoms. The molecular weight excluding hydrogens is 166 g/mol. The van der Waals surface area contributed by atoms with Crippen molar-refractivity contribution in [3.05, 3.63) is 17.5 Å². The maximum atomic E-state index is 11.4. The van der Waals surface area contributed by atoms with Crippen LogP contribution in [0.1, 0.15) is 28.9 Å². The van der Waals surface area contributed by atoms with E-state index in [0.29, 0.717) is 5.56 Å². The number of aromatic nitrogens is 2. The Kier molecular flexibility index (Phi) is 2.80. The summed E-state index contributed by atoms with van der Waals surface area (Å²) in [6.07, 6.45) is 2.10. The monoisotopic (exact) mass is 177 g/mol. The van der Waals surface area contributed by atoms with Gasteiger partial charge in [0.1, 0.15) is 0 Å². The summed E-state index contributed by atoms with van der Waals surface area (Å²) in [4.78, 5) is 11.4. The number of Topliss-reactive ketones (excluding diaryl/α,β-unsaturated/α-hetero) is 1. The van der Waals surface area contributed by atoms with E-state index in [0.717, 1.165) is 5.69 Å². The molecule has 0 aliphatic carbocycles. The van der Waals surface area contributed by atoms with E-state index in [9.17, 15) is 4.79 Å². The first kappa shape index (κ1) is 9.46. The summed E-state index contributed by atoms with van der Waals surface area (Å²) in [6.45, 7) is 1.84. The smallest absolute Gasteiger partial charge is 0.167 e. The van der Waals surface area contributed by atoms with E-state index in [2.05, 4.69) is 5.10 Å². The molecule has 0 aliphatic heterocycles. The average molecular weight is 177 g/mol. The zero-order chi connectivity index (χ0) is 9.84. The highest BCUT2D eigenvalue weighted by molar-refractivity contribution is 5.96. The highest BCUT2D eigenvalue weighted by Crippen LogP contribution is 2.09. The van der Waals surface area contributed by atoms with E-state index in [1.54, 1.807) is 17.9 Å². The zero-order valence-electron chi connectivity index (χ0n) is 7.74. The van der Waals surface area contributed by atoms with Crippen molar-refractivity contribution in [2.24, 2.45) is 7.05 Å². The van der Waals surface area contributed by atoms with Crippen LogP contribution in [0, 0.1) is 18.3 Å². The number of hydrogen-bond donors (Lipinski definition) is 0. The Morgan fingerprint density at radius 2 is 2.46 bits per heavy atom. The third kappa shape index (κ3) is 1.94. The fourth-order valence-corrected chi connectivity index (χ4v) is 1.08. The lowest BCUT2D eigenvalue weighted by atomic mass is 10.1. The summed E-state index contributed by atoms with van der Waals surface area (Å²) in [5, 5.41) is 12.3. The molecule has 0 radical (unpaired) electrons. The average Bonchev–Trinajstić information content (AvgIpc) is 2.44. The highest BCUT2D eigenvalue weighted by atomic mass is 16.1. The summed E-state index contributed by atoms with van der Waals surface area (Å²) < 4.78 is 1.65. The van der Waals surface area contributed by atoms with Crippen molar-refractivity contribution < 1.29 is 4.79 Å². The minimum absolute atomic E-state index is 0.00727. The Bertz CT molecular complexity index is 359. The first-order valence-electron chi connectivity index (χ1n) is 4.05. The lowest BCUT2D eigenvalue weighted by molar-refractivity contribution is 0.0983. The summed E-state index contributed by atoms with van der Waals surface area (Å²) >= 11 is 0. The molecule has 1 rings (SSSR count). The predicted molar refractivity (Wildman–Crippen MR) is 47.1 cm³/mol. The van der Waals surface area contributed by atoms with E-state index >= 15 is 0 Å². The highest BCUT2D eigenvalue weighted by Gasteiger charge is 2.11. The minimum atomic E-state index is -0.00727. The number of ketones is 1. The Morgan fingerprint density at radius 3 is 2.92 bits per heavy atom. The van der Waals surface area contributed by atoms with Crippen molar-refractivity contribution in [2.75, 3.05) is 0 Å². The van der Waals surface area contributed by atoms with Gasteiger partial charge >= 0.3 is 0 Å². The molecule has 1 heterocycles. The van der Waals surface area contributed by atoms with Crippen LogP contribution in [0.2, 0.25) is 0 Å².